The number of fused-ring (bicyclic) bond motifs is 1. The number of benzene rings is 2. The van der Waals surface area contributed by atoms with Gasteiger partial charge in [0.2, 0.25) is 0 Å². The minimum Gasteiger partial charge on any atom is -0.506 e. The van der Waals surface area contributed by atoms with E-state index >= 15 is 0 Å². The number of carbonyl (C=O) groups is 1. The Morgan fingerprint density at radius 1 is 1.09 bits per heavy atom. The highest BCUT2D eigenvalue weighted by Crippen LogP contribution is 2.30. The van der Waals surface area contributed by atoms with Crippen LogP contribution in [0.25, 0.3) is 10.9 Å². The van der Waals surface area contributed by atoms with Crippen molar-refractivity contribution in [2.45, 2.75) is 60.0 Å². The first-order valence-electron chi connectivity index (χ1n) is 11.7. The molecule has 2 N–H and O–H groups in total. The molecule has 1 aliphatic heterocycles. The van der Waals surface area contributed by atoms with Gasteiger partial charge in [0.15, 0.2) is 0 Å². The number of likely N-dealkylation sites (tertiary alicyclic amines) is 1. The summed E-state index contributed by atoms with van der Waals surface area (Å²) in [5.74, 6) is -1.10. The topological polar surface area (TPSA) is 87.6 Å². The maximum Gasteiger partial charge on any atom is 0.410 e. The monoisotopic (exact) mass is 488 g/mol. The lowest BCUT2D eigenvalue weighted by atomic mass is 10.1. The summed E-state index contributed by atoms with van der Waals surface area (Å²) in [6, 6.07) is 6.61. The molecule has 2 aromatic carbocycles. The average molecular weight is 489 g/mol. The quantitative estimate of drug-likeness (QED) is 0.390. The summed E-state index contributed by atoms with van der Waals surface area (Å²) >= 11 is 0. The summed E-state index contributed by atoms with van der Waals surface area (Å²) in [6.07, 6.45) is 3.35. The Morgan fingerprint density at radius 2 is 1.74 bits per heavy atom. The number of nitrogens with one attached hydrogen (secondary N) is 1. The zero-order chi connectivity index (χ0) is 26.2. The number of ether oxygens (including phenoxy) is 1. The molecule has 1 fully saturated rings. The lowest BCUT2D eigenvalue weighted by molar-refractivity contribution is 0.0295. The molecule has 0 saturated carbocycles. The average Bonchev–Trinajstić information content (AvgIpc) is 3.31. The predicted octanol–water partition coefficient (Wildman–Crippen LogP) is 6.71. The van der Waals surface area contributed by atoms with Crippen molar-refractivity contribution in [1.82, 2.24) is 14.9 Å². The molecule has 0 radical (unpaired) electrons. The fourth-order valence-electron chi connectivity index (χ4n) is 3.33. The van der Waals surface area contributed by atoms with Crippen LogP contribution in [0.15, 0.2) is 36.7 Å². The SMILES string of the molecule is CC.CC(C)(C)OC(=O)N1CCCC1.Cc1cc(F)c2c(Nc3ccc(F)cc3O)ncnc2c1. The van der Waals surface area contributed by atoms with Gasteiger partial charge in [0.05, 0.1) is 16.6 Å². The van der Waals surface area contributed by atoms with Gasteiger partial charge in [-0.05, 0) is 70.4 Å². The molecule has 1 aliphatic rings. The number of phenolic OH excluding ortho intramolecular Hbond substituents is 1. The van der Waals surface area contributed by atoms with Crippen LogP contribution < -0.4 is 5.32 Å². The van der Waals surface area contributed by atoms with Crippen molar-refractivity contribution >= 4 is 28.5 Å². The second-order valence-electron chi connectivity index (χ2n) is 8.82. The minimum atomic E-state index is -0.563. The first-order chi connectivity index (χ1) is 16.5. The van der Waals surface area contributed by atoms with E-state index in [-0.39, 0.29) is 34.3 Å². The summed E-state index contributed by atoms with van der Waals surface area (Å²) in [6.45, 7) is 13.1. The van der Waals surface area contributed by atoms with Crippen LogP contribution in [0.5, 0.6) is 5.75 Å². The van der Waals surface area contributed by atoms with Crippen LogP contribution in [0.4, 0.5) is 25.1 Å². The first-order valence-corrected chi connectivity index (χ1v) is 11.7. The number of nitrogens with zero attached hydrogens (tertiary/aromatic N) is 3. The van der Waals surface area contributed by atoms with Crippen LogP contribution in [-0.4, -0.2) is 44.8 Å². The van der Waals surface area contributed by atoms with E-state index in [1.165, 1.54) is 24.5 Å². The summed E-state index contributed by atoms with van der Waals surface area (Å²) in [4.78, 5) is 21.2. The molecule has 3 aromatic rings. The lowest BCUT2D eigenvalue weighted by Gasteiger charge is -2.23. The Balaban J connectivity index is 0.000000263. The van der Waals surface area contributed by atoms with E-state index in [1.54, 1.807) is 17.9 Å². The van der Waals surface area contributed by atoms with E-state index < -0.39 is 11.6 Å². The summed E-state index contributed by atoms with van der Waals surface area (Å²) in [7, 11) is 0. The first kappa shape index (κ1) is 27.8. The Hall–Kier alpha value is -3.49. The molecule has 0 spiro atoms. The van der Waals surface area contributed by atoms with E-state index in [1.807, 2.05) is 34.6 Å². The van der Waals surface area contributed by atoms with Gasteiger partial charge in [-0.3, -0.25) is 0 Å². The van der Waals surface area contributed by atoms with Crippen LogP contribution in [0.2, 0.25) is 0 Å². The van der Waals surface area contributed by atoms with Crippen LogP contribution >= 0.6 is 0 Å². The van der Waals surface area contributed by atoms with Crippen LogP contribution in [0.1, 0.15) is 53.0 Å². The molecule has 1 aromatic heterocycles. The molecule has 35 heavy (non-hydrogen) atoms. The van der Waals surface area contributed by atoms with E-state index in [2.05, 4.69) is 15.3 Å². The highest BCUT2D eigenvalue weighted by Gasteiger charge is 2.23. The van der Waals surface area contributed by atoms with Gasteiger partial charge in [0, 0.05) is 19.2 Å². The standard InChI is InChI=1S/C15H11F2N3O.C9H17NO2.C2H6/c1-8-4-10(17)14-12(5-8)18-7-19-15(14)20-11-3-2-9(16)6-13(11)21;1-9(2,3)12-8(11)10-6-4-5-7-10;1-2/h2-7,21H,1H3,(H,18,19,20);4-7H2,1-3H3;1-2H3. The van der Waals surface area contributed by atoms with Crippen molar-refractivity contribution in [3.05, 3.63) is 53.9 Å². The van der Waals surface area contributed by atoms with E-state index in [9.17, 15) is 18.7 Å². The zero-order valence-electron chi connectivity index (χ0n) is 21.2. The van der Waals surface area contributed by atoms with Crippen LogP contribution in [-0.2, 0) is 4.74 Å². The Labute approximate surface area is 205 Å². The molecule has 1 amide bonds. The molecule has 0 atom stereocenters. The second kappa shape index (κ2) is 12.3. The zero-order valence-corrected chi connectivity index (χ0v) is 21.2. The number of hydrogen-bond donors (Lipinski definition) is 2. The highest BCUT2D eigenvalue weighted by atomic mass is 19.1. The molecule has 0 unspecified atom stereocenters. The van der Waals surface area contributed by atoms with Gasteiger partial charge in [-0.1, -0.05) is 13.8 Å². The van der Waals surface area contributed by atoms with Gasteiger partial charge in [-0.25, -0.2) is 23.5 Å². The maximum atomic E-state index is 14.1. The second-order valence-corrected chi connectivity index (χ2v) is 8.82. The number of halogens is 2. The van der Waals surface area contributed by atoms with Gasteiger partial charge in [0.25, 0.3) is 0 Å². The summed E-state index contributed by atoms with van der Waals surface area (Å²) in [5, 5.41) is 12.7. The number of phenols is 1. The number of amides is 1. The van der Waals surface area contributed by atoms with Crippen molar-refractivity contribution in [2.75, 3.05) is 18.4 Å². The third-order valence-corrected chi connectivity index (χ3v) is 4.80. The summed E-state index contributed by atoms with van der Waals surface area (Å²) < 4.78 is 32.3. The number of aryl methyl sites for hydroxylation is 1. The summed E-state index contributed by atoms with van der Waals surface area (Å²) in [5.41, 5.74) is 1.07. The van der Waals surface area contributed by atoms with Gasteiger partial charge >= 0.3 is 6.09 Å². The fourth-order valence-corrected chi connectivity index (χ4v) is 3.33. The van der Waals surface area contributed by atoms with Gasteiger partial charge in [-0.2, -0.15) is 0 Å². The smallest absolute Gasteiger partial charge is 0.410 e. The normalized spacial score (nSPS) is 12.9. The Kier molecular flexibility index (Phi) is 9.74. The minimum absolute atomic E-state index is 0.167. The Morgan fingerprint density at radius 3 is 2.34 bits per heavy atom. The molecule has 1 saturated heterocycles. The molecular weight excluding hydrogens is 454 g/mol. The van der Waals surface area contributed by atoms with Crippen molar-refractivity contribution in [1.29, 1.82) is 0 Å². The third-order valence-electron chi connectivity index (χ3n) is 4.80. The maximum absolute atomic E-state index is 14.1. The van der Waals surface area contributed by atoms with Gasteiger partial charge in [-0.15, -0.1) is 0 Å². The Bertz CT molecular complexity index is 1140. The highest BCUT2D eigenvalue weighted by molar-refractivity contribution is 5.92. The van der Waals surface area contributed by atoms with Gasteiger partial charge in [0.1, 0.15) is 35.1 Å². The number of aromatic nitrogens is 2. The molecule has 7 nitrogen and oxygen atoms in total. The number of carbonyl (C=O) groups excluding carboxylic acids is 1. The van der Waals surface area contributed by atoms with Crippen molar-refractivity contribution in [2.24, 2.45) is 0 Å². The molecule has 0 bridgehead atoms. The largest absolute Gasteiger partial charge is 0.506 e. The molecule has 9 heteroatoms. The van der Waals surface area contributed by atoms with Crippen molar-refractivity contribution < 1.29 is 23.4 Å². The fraction of sp³-hybridized carbons (Fsp3) is 0.423. The lowest BCUT2D eigenvalue weighted by Crippen LogP contribution is -2.34. The van der Waals surface area contributed by atoms with E-state index in [0.29, 0.717) is 5.52 Å². The van der Waals surface area contributed by atoms with Crippen LogP contribution in [0, 0.1) is 18.6 Å². The molecule has 0 aliphatic carbocycles. The van der Waals surface area contributed by atoms with Crippen molar-refractivity contribution in [3.63, 3.8) is 0 Å². The number of aromatic hydroxyl groups is 1. The number of rotatable bonds is 2. The predicted molar refractivity (Wildman–Crippen MR) is 134 cm³/mol. The van der Waals surface area contributed by atoms with E-state index in [4.69, 9.17) is 4.74 Å². The van der Waals surface area contributed by atoms with Gasteiger partial charge < -0.3 is 20.1 Å². The number of anilines is 2. The van der Waals surface area contributed by atoms with E-state index in [0.717, 1.165) is 37.6 Å². The molecule has 190 valence electrons. The molecule has 4 rings (SSSR count). The number of hydrogen-bond acceptors (Lipinski definition) is 6. The molecular formula is C26H34F2N4O3. The van der Waals surface area contributed by atoms with Crippen molar-refractivity contribution in [3.8, 4) is 5.75 Å². The third kappa shape index (κ3) is 8.05. The van der Waals surface area contributed by atoms with Crippen LogP contribution in [0.3, 0.4) is 0 Å². The molecule has 2 heterocycles.